The predicted molar refractivity (Wildman–Crippen MR) is 238 cm³/mol. The number of aliphatic hydroxyl groups excluding tert-OH is 3. The molecule has 0 unspecified atom stereocenters. The van der Waals surface area contributed by atoms with Crippen LogP contribution in [0.3, 0.4) is 0 Å². The minimum Gasteiger partial charge on any atom is -0.460 e. The Morgan fingerprint density at radius 1 is 0.938 bits per heavy atom. The van der Waals surface area contributed by atoms with Crippen molar-refractivity contribution in [2.24, 2.45) is 41.4 Å². The summed E-state index contributed by atoms with van der Waals surface area (Å²) >= 11 is 0. The number of piperidine rings is 1. The van der Waals surface area contributed by atoms with E-state index in [-0.39, 0.29) is 65.5 Å². The largest absolute Gasteiger partial charge is 0.460 e. The van der Waals surface area contributed by atoms with Gasteiger partial charge in [0.15, 0.2) is 0 Å². The molecule has 0 aromatic heterocycles. The summed E-state index contributed by atoms with van der Waals surface area (Å²) in [6.07, 6.45) is 14.8. The minimum absolute atomic E-state index is 0. The van der Waals surface area contributed by atoms with E-state index in [9.17, 15) is 44.4 Å². The third-order valence-electron chi connectivity index (χ3n) is 14.0. The van der Waals surface area contributed by atoms with Gasteiger partial charge in [0.05, 0.1) is 30.8 Å². The standard InChI is InChI=1S/C50H76NO12.Co/c1-30-14-10-9-11-15-31(2)43(61-8)27-39-22-17-36(7)50(60,63-39)47(57)48(58)51-23-13-12-16-41(51)49(59)62-44(33(4)26-37-18-20-38(53)21-19-37)28-42(54)32(3)25-35(6)46(56)40(29-52)45(55)34(5)24-30;/h9-11,14-15,20,25,30,32-34,36-41,43-44,46,52-53,56,60H,12-13,16-19,21-24,26-29H2,1-8H3;/q-1;/b11-9+,14-10+,31-15+,35-25+;/t30-,32-,33-,34-,36-,37+,38+,39+,40+,41+,43+,44+,46-,50-;/m1./s1. The molecule has 14 atom stereocenters. The number of esters is 1. The first-order valence-electron chi connectivity index (χ1n) is 23.4. The van der Waals surface area contributed by atoms with E-state index in [1.165, 1.54) is 4.90 Å². The molecule has 4 rings (SSSR count). The van der Waals surface area contributed by atoms with Crippen molar-refractivity contribution >= 4 is 29.2 Å². The van der Waals surface area contributed by atoms with Crippen LogP contribution >= 0.6 is 0 Å². The zero-order chi connectivity index (χ0) is 46.6. The Kier molecular flexibility index (Phi) is 22.5. The minimum atomic E-state index is -2.42. The van der Waals surface area contributed by atoms with Gasteiger partial charge in [0.25, 0.3) is 11.7 Å². The molecule has 14 heteroatoms. The van der Waals surface area contributed by atoms with Crippen molar-refractivity contribution < 1.29 is 75.4 Å². The van der Waals surface area contributed by atoms with E-state index in [0.29, 0.717) is 63.4 Å². The molecule has 1 aliphatic carbocycles. The first-order chi connectivity index (χ1) is 29.8. The third kappa shape index (κ3) is 14.8. The third-order valence-corrected chi connectivity index (χ3v) is 14.0. The number of hydrogen-bond acceptors (Lipinski definition) is 12. The fraction of sp³-hybridized carbons (Fsp3) is 0.720. The van der Waals surface area contributed by atoms with Crippen LogP contribution in [-0.2, 0) is 55.0 Å². The number of rotatable bonds is 5. The molecular formula is C50H76CoNO12-. The Morgan fingerprint density at radius 3 is 2.31 bits per heavy atom. The van der Waals surface area contributed by atoms with Crippen molar-refractivity contribution in [3.8, 4) is 0 Å². The van der Waals surface area contributed by atoms with Crippen molar-refractivity contribution in [3.63, 3.8) is 0 Å². The summed E-state index contributed by atoms with van der Waals surface area (Å²) in [6, 6.07) is -1.13. The fourth-order valence-electron chi connectivity index (χ4n) is 9.77. The van der Waals surface area contributed by atoms with Crippen molar-refractivity contribution in [2.75, 3.05) is 20.3 Å². The molecular weight excluding hydrogens is 865 g/mol. The zero-order valence-electron chi connectivity index (χ0n) is 39.3. The molecule has 363 valence electrons. The van der Waals surface area contributed by atoms with Gasteiger partial charge in [-0.05, 0) is 81.8 Å². The summed E-state index contributed by atoms with van der Waals surface area (Å²) in [5, 5.41) is 43.7. The second-order valence-corrected chi connectivity index (χ2v) is 19.2. The van der Waals surface area contributed by atoms with Crippen LogP contribution in [0.2, 0.25) is 0 Å². The molecule has 1 amide bonds. The summed E-state index contributed by atoms with van der Waals surface area (Å²) < 4.78 is 18.2. The predicted octanol–water partition coefficient (Wildman–Crippen LogP) is 5.96. The monoisotopic (exact) mass is 941 g/mol. The number of methoxy groups -OCH3 is 1. The molecule has 0 aromatic carbocycles. The average Bonchev–Trinajstić information content (AvgIpc) is 3.26. The first-order valence-corrected chi connectivity index (χ1v) is 23.4. The van der Waals surface area contributed by atoms with Gasteiger partial charge in [0.2, 0.25) is 5.79 Å². The molecule has 2 saturated heterocycles. The molecule has 4 N–H and O–H groups in total. The molecule has 3 heterocycles. The summed E-state index contributed by atoms with van der Waals surface area (Å²) in [5.74, 6) is -9.00. The van der Waals surface area contributed by atoms with Gasteiger partial charge in [0, 0.05) is 61.0 Å². The van der Waals surface area contributed by atoms with Crippen LogP contribution in [0.4, 0.5) is 0 Å². The molecule has 1 radical (unpaired) electrons. The van der Waals surface area contributed by atoms with E-state index < -0.39 is 90.3 Å². The summed E-state index contributed by atoms with van der Waals surface area (Å²) in [6.45, 7) is 12.1. The number of Topliss-reactive ketones (excluding diaryl/α,β-unsaturated/α-hetero) is 3. The second kappa shape index (κ2) is 25.9. The number of amides is 1. The number of carbonyl (C=O) groups is 5. The van der Waals surface area contributed by atoms with Gasteiger partial charge in [0.1, 0.15) is 23.7 Å². The van der Waals surface area contributed by atoms with Gasteiger partial charge in [-0.25, -0.2) is 4.79 Å². The molecule has 0 aromatic rings. The van der Waals surface area contributed by atoms with Crippen LogP contribution in [0.5, 0.6) is 0 Å². The Hall–Kier alpha value is -2.82. The van der Waals surface area contributed by atoms with E-state index in [1.807, 2.05) is 57.6 Å². The number of cyclic esters (lactones) is 1. The average molecular weight is 942 g/mol. The number of nitrogens with zero attached hydrogens (tertiary/aromatic N) is 1. The van der Waals surface area contributed by atoms with Gasteiger partial charge in [-0.1, -0.05) is 95.9 Å². The van der Waals surface area contributed by atoms with Gasteiger partial charge in [-0.2, -0.15) is 6.42 Å². The fourth-order valence-corrected chi connectivity index (χ4v) is 9.77. The van der Waals surface area contributed by atoms with Crippen molar-refractivity contribution in [1.29, 1.82) is 0 Å². The van der Waals surface area contributed by atoms with E-state index in [1.54, 1.807) is 40.9 Å². The number of aliphatic hydroxyl groups is 4. The molecule has 2 bridgehead atoms. The number of ketones is 3. The Labute approximate surface area is 391 Å². The van der Waals surface area contributed by atoms with Crippen LogP contribution in [-0.4, -0.2) is 117 Å². The quantitative estimate of drug-likeness (QED) is 0.109. The number of allylic oxidation sites excluding steroid dienone is 6. The van der Waals surface area contributed by atoms with Gasteiger partial charge in [-0.3, -0.25) is 19.2 Å². The van der Waals surface area contributed by atoms with E-state index in [0.717, 1.165) is 12.0 Å². The molecule has 4 aliphatic rings. The number of hydrogen-bond donors (Lipinski definition) is 4. The second-order valence-electron chi connectivity index (χ2n) is 19.2. The van der Waals surface area contributed by atoms with E-state index in [2.05, 4.69) is 0 Å². The summed E-state index contributed by atoms with van der Waals surface area (Å²) in [5.41, 5.74) is 1.23. The van der Waals surface area contributed by atoms with Crippen molar-refractivity contribution in [1.82, 2.24) is 4.90 Å². The molecule has 3 aliphatic heterocycles. The van der Waals surface area contributed by atoms with Crippen molar-refractivity contribution in [3.05, 3.63) is 54.0 Å². The number of ether oxygens (including phenoxy) is 3. The maximum atomic E-state index is 14.3. The Bertz CT molecular complexity index is 1700. The normalized spacial score (nSPS) is 39.5. The van der Waals surface area contributed by atoms with Gasteiger partial charge < -0.3 is 46.0 Å². The Balaban J connectivity index is 0.0000109. The maximum Gasteiger partial charge on any atom is 0.329 e. The molecule has 13 nitrogen and oxygen atoms in total. The van der Waals surface area contributed by atoms with Crippen LogP contribution in [0.15, 0.2) is 47.6 Å². The van der Waals surface area contributed by atoms with E-state index in [4.69, 9.17) is 14.2 Å². The Morgan fingerprint density at radius 2 is 1.66 bits per heavy atom. The zero-order valence-corrected chi connectivity index (χ0v) is 40.3. The van der Waals surface area contributed by atoms with Crippen LogP contribution in [0, 0.1) is 47.8 Å². The van der Waals surface area contributed by atoms with Gasteiger partial charge in [-0.15, -0.1) is 0 Å². The van der Waals surface area contributed by atoms with E-state index >= 15 is 0 Å². The smallest absolute Gasteiger partial charge is 0.329 e. The number of carbonyl (C=O) groups excluding carboxylic acids is 5. The molecule has 1 saturated carbocycles. The topological polar surface area (TPSA) is 197 Å². The summed E-state index contributed by atoms with van der Waals surface area (Å²) in [4.78, 5) is 71.4. The van der Waals surface area contributed by atoms with Crippen LogP contribution in [0.25, 0.3) is 0 Å². The first kappa shape index (κ1) is 55.5. The van der Waals surface area contributed by atoms with Crippen LogP contribution in [0.1, 0.15) is 126 Å². The molecule has 0 spiro atoms. The number of fused-ring (bicyclic) bond motifs is 3. The molecule has 64 heavy (non-hydrogen) atoms. The molecule has 3 fully saturated rings. The van der Waals surface area contributed by atoms with Crippen molar-refractivity contribution in [2.45, 2.75) is 168 Å². The van der Waals surface area contributed by atoms with Crippen LogP contribution < -0.4 is 0 Å². The SMILES string of the molecule is CO[C@H]1C[C@@H]2CC[C@@H](C)[C@@](O)(O2)C(=O)C(=O)N2CCCC[C@H]2C(=O)O[C@H]([C@H](C)C[C@H]2C[CH-][C@H](O)CC2)CC(=O)[C@H](C)/C=C(\C)[C@@H](O)[C@@H](CO)C(=O)[C@H](C)C[C@H](C)/C=C/C=C/C=C/1C.[Co]. The van der Waals surface area contributed by atoms with Gasteiger partial charge >= 0.3 is 5.97 Å². The summed E-state index contributed by atoms with van der Waals surface area (Å²) in [7, 11) is 1.57. The maximum absolute atomic E-state index is 14.3.